The summed E-state index contributed by atoms with van der Waals surface area (Å²) in [7, 11) is 0. The smallest absolute Gasteiger partial charge is 0.124 e. The van der Waals surface area contributed by atoms with E-state index in [1.54, 1.807) is 18.3 Å². The van der Waals surface area contributed by atoms with Crippen molar-refractivity contribution in [1.82, 2.24) is 15.2 Å². The molecule has 0 radical (unpaired) electrons. The van der Waals surface area contributed by atoms with Crippen molar-refractivity contribution in [3.8, 4) is 0 Å². The molecule has 118 valence electrons. The summed E-state index contributed by atoms with van der Waals surface area (Å²) in [5.41, 5.74) is 1.93. The number of aromatic nitrogens is 1. The Morgan fingerprint density at radius 2 is 2.14 bits per heavy atom. The van der Waals surface area contributed by atoms with E-state index in [-0.39, 0.29) is 5.82 Å². The second-order valence-corrected chi connectivity index (χ2v) is 6.17. The number of rotatable bonds is 5. The fraction of sp³-hybridized carbons (Fsp3) is 0.500. The van der Waals surface area contributed by atoms with Gasteiger partial charge in [0.1, 0.15) is 5.82 Å². The van der Waals surface area contributed by atoms with Crippen LogP contribution >= 0.6 is 0 Å². The molecule has 1 saturated heterocycles. The van der Waals surface area contributed by atoms with Crippen LogP contribution in [0.5, 0.6) is 0 Å². The lowest BCUT2D eigenvalue weighted by atomic mass is 9.96. The van der Waals surface area contributed by atoms with Crippen molar-refractivity contribution in [2.24, 2.45) is 5.92 Å². The number of benzene rings is 1. The molecule has 1 aromatic carbocycles. The van der Waals surface area contributed by atoms with Gasteiger partial charge in [-0.15, -0.1) is 0 Å². The zero-order chi connectivity index (χ0) is 15.4. The highest BCUT2D eigenvalue weighted by Crippen LogP contribution is 2.23. The largest absolute Gasteiger partial charge is 0.317 e. The fourth-order valence-corrected chi connectivity index (χ4v) is 3.29. The number of nitrogens with zero attached hydrogens (tertiary/aromatic N) is 2. The second-order valence-electron chi connectivity index (χ2n) is 6.17. The van der Waals surface area contributed by atoms with E-state index < -0.39 is 0 Å². The molecule has 3 rings (SSSR count). The van der Waals surface area contributed by atoms with Crippen LogP contribution in [0.2, 0.25) is 0 Å². The number of hydrogen-bond donors (Lipinski definition) is 1. The maximum atomic E-state index is 13.8. The molecule has 4 heteroatoms. The van der Waals surface area contributed by atoms with E-state index in [1.165, 1.54) is 12.8 Å². The van der Waals surface area contributed by atoms with Crippen LogP contribution in [0.3, 0.4) is 0 Å². The molecule has 1 fully saturated rings. The van der Waals surface area contributed by atoms with E-state index in [9.17, 15) is 4.39 Å². The monoisotopic (exact) mass is 301 g/mol. The van der Waals surface area contributed by atoms with Crippen molar-refractivity contribution in [3.05, 3.63) is 41.8 Å². The molecule has 0 bridgehead atoms. The summed E-state index contributed by atoms with van der Waals surface area (Å²) in [6.45, 7) is 7.27. The average molecular weight is 301 g/mol. The van der Waals surface area contributed by atoms with Crippen molar-refractivity contribution in [2.75, 3.05) is 26.2 Å². The molecule has 0 atom stereocenters. The molecule has 1 aliphatic heterocycles. The lowest BCUT2D eigenvalue weighted by molar-refractivity contribution is 0.176. The van der Waals surface area contributed by atoms with E-state index in [2.05, 4.69) is 22.1 Å². The number of fused-ring (bicyclic) bond motifs is 1. The fourth-order valence-electron chi connectivity index (χ4n) is 3.29. The number of halogens is 1. The molecule has 22 heavy (non-hydrogen) atoms. The van der Waals surface area contributed by atoms with Gasteiger partial charge in [-0.25, -0.2) is 4.39 Å². The molecule has 1 N–H and O–H groups in total. The Labute approximate surface area is 131 Å². The van der Waals surface area contributed by atoms with Gasteiger partial charge >= 0.3 is 0 Å². The first-order chi connectivity index (χ1) is 10.8. The highest BCUT2D eigenvalue weighted by Gasteiger charge is 2.19. The summed E-state index contributed by atoms with van der Waals surface area (Å²) in [6, 6.07) is 6.99. The average Bonchev–Trinajstić information content (AvgIpc) is 2.54. The first-order valence-corrected chi connectivity index (χ1v) is 8.22. The Morgan fingerprint density at radius 3 is 2.91 bits per heavy atom. The van der Waals surface area contributed by atoms with Gasteiger partial charge in [0.2, 0.25) is 0 Å². The third-order valence-electron chi connectivity index (χ3n) is 4.53. The zero-order valence-corrected chi connectivity index (χ0v) is 13.2. The van der Waals surface area contributed by atoms with Crippen LogP contribution in [0.25, 0.3) is 10.9 Å². The standard InChI is InChI=1S/C18H24FN3/c1-2-20-12-14-5-8-22(9-6-14)13-16-11-17(19)10-15-4-3-7-21-18(15)16/h3-4,7,10-11,14,20H,2,5-6,8-9,12-13H2,1H3. The first-order valence-electron chi connectivity index (χ1n) is 8.22. The predicted molar refractivity (Wildman–Crippen MR) is 88.2 cm³/mol. The van der Waals surface area contributed by atoms with Gasteiger partial charge in [-0.1, -0.05) is 13.0 Å². The van der Waals surface area contributed by atoms with Crippen LogP contribution in [0.4, 0.5) is 4.39 Å². The topological polar surface area (TPSA) is 28.2 Å². The van der Waals surface area contributed by atoms with Crippen LogP contribution in [0, 0.1) is 11.7 Å². The van der Waals surface area contributed by atoms with Crippen molar-refractivity contribution in [3.63, 3.8) is 0 Å². The van der Waals surface area contributed by atoms with Crippen LogP contribution in [-0.4, -0.2) is 36.1 Å². The summed E-state index contributed by atoms with van der Waals surface area (Å²) in [5.74, 6) is 0.608. The van der Waals surface area contributed by atoms with E-state index >= 15 is 0 Å². The predicted octanol–water partition coefficient (Wildman–Crippen LogP) is 3.20. The van der Waals surface area contributed by atoms with Gasteiger partial charge in [0.25, 0.3) is 0 Å². The van der Waals surface area contributed by atoms with Crippen molar-refractivity contribution < 1.29 is 4.39 Å². The Bertz CT molecular complexity index is 621. The van der Waals surface area contributed by atoms with E-state index in [1.807, 2.05) is 12.1 Å². The summed E-state index contributed by atoms with van der Waals surface area (Å²) in [5, 5.41) is 4.32. The maximum absolute atomic E-state index is 13.8. The Hall–Kier alpha value is -1.52. The maximum Gasteiger partial charge on any atom is 0.124 e. The molecule has 2 aromatic rings. The Morgan fingerprint density at radius 1 is 1.32 bits per heavy atom. The van der Waals surface area contributed by atoms with Crippen molar-refractivity contribution in [2.45, 2.75) is 26.3 Å². The Balaban J connectivity index is 1.67. The minimum absolute atomic E-state index is 0.169. The van der Waals surface area contributed by atoms with Crippen LogP contribution in [-0.2, 0) is 6.54 Å². The van der Waals surface area contributed by atoms with Crippen LogP contribution in [0.1, 0.15) is 25.3 Å². The minimum atomic E-state index is -0.169. The third kappa shape index (κ3) is 3.62. The van der Waals surface area contributed by atoms with E-state index in [0.29, 0.717) is 0 Å². The van der Waals surface area contributed by atoms with Gasteiger partial charge in [0.15, 0.2) is 0 Å². The number of piperidine rings is 1. The van der Waals surface area contributed by atoms with Crippen molar-refractivity contribution >= 4 is 10.9 Å². The summed E-state index contributed by atoms with van der Waals surface area (Å²) < 4.78 is 13.8. The molecule has 3 nitrogen and oxygen atoms in total. The summed E-state index contributed by atoms with van der Waals surface area (Å²) in [4.78, 5) is 6.86. The van der Waals surface area contributed by atoms with Gasteiger partial charge in [0.05, 0.1) is 5.52 Å². The number of nitrogens with one attached hydrogen (secondary N) is 1. The second kappa shape index (κ2) is 7.16. The van der Waals surface area contributed by atoms with Crippen LogP contribution < -0.4 is 5.32 Å². The Kier molecular flexibility index (Phi) is 5.01. The number of pyridine rings is 1. The van der Waals surface area contributed by atoms with Gasteiger partial charge in [-0.3, -0.25) is 9.88 Å². The molecular weight excluding hydrogens is 277 g/mol. The SMILES string of the molecule is CCNCC1CCN(Cc2cc(F)cc3cccnc23)CC1. The molecule has 0 aliphatic carbocycles. The summed E-state index contributed by atoms with van der Waals surface area (Å²) in [6.07, 6.45) is 4.22. The van der Waals surface area contributed by atoms with Gasteiger partial charge in [-0.05, 0) is 68.7 Å². The lowest BCUT2D eigenvalue weighted by Gasteiger charge is -2.32. The zero-order valence-electron chi connectivity index (χ0n) is 13.2. The number of likely N-dealkylation sites (tertiary alicyclic amines) is 1. The molecule has 0 saturated carbocycles. The van der Waals surface area contributed by atoms with Gasteiger partial charge < -0.3 is 5.32 Å². The van der Waals surface area contributed by atoms with Crippen molar-refractivity contribution in [1.29, 1.82) is 0 Å². The van der Waals surface area contributed by atoms with Gasteiger partial charge in [-0.2, -0.15) is 0 Å². The molecule has 2 heterocycles. The first kappa shape index (κ1) is 15.4. The highest BCUT2D eigenvalue weighted by molar-refractivity contribution is 5.81. The van der Waals surface area contributed by atoms with E-state index in [4.69, 9.17) is 0 Å². The molecule has 0 amide bonds. The highest BCUT2D eigenvalue weighted by atomic mass is 19.1. The van der Waals surface area contributed by atoms with Gasteiger partial charge in [0, 0.05) is 18.1 Å². The molecule has 1 aromatic heterocycles. The quantitative estimate of drug-likeness (QED) is 0.919. The normalized spacial score (nSPS) is 17.2. The summed E-state index contributed by atoms with van der Waals surface area (Å²) >= 11 is 0. The molecule has 0 unspecified atom stereocenters. The number of hydrogen-bond acceptors (Lipinski definition) is 3. The molecule has 1 aliphatic rings. The minimum Gasteiger partial charge on any atom is -0.317 e. The van der Waals surface area contributed by atoms with Crippen LogP contribution in [0.15, 0.2) is 30.5 Å². The third-order valence-corrected chi connectivity index (χ3v) is 4.53. The molecular formula is C18H24FN3. The van der Waals surface area contributed by atoms with E-state index in [0.717, 1.165) is 55.1 Å². The lowest BCUT2D eigenvalue weighted by Crippen LogP contribution is -2.36. The molecule has 0 spiro atoms.